The topological polar surface area (TPSA) is 49.3 Å². The quantitative estimate of drug-likeness (QED) is 0.561. The predicted octanol–water partition coefficient (Wildman–Crippen LogP) is 0.0375. The lowest BCUT2D eigenvalue weighted by molar-refractivity contribution is -0.125. The van der Waals surface area contributed by atoms with Gasteiger partial charge >= 0.3 is 0 Å². The fraction of sp³-hybridized carbons (Fsp3) is 0.875. The van der Waals surface area contributed by atoms with Gasteiger partial charge < -0.3 is 10.4 Å². The Bertz CT molecular complexity index is 187. The van der Waals surface area contributed by atoms with Crippen molar-refractivity contribution >= 4 is 5.91 Å². The van der Waals surface area contributed by atoms with E-state index >= 15 is 0 Å². The van der Waals surface area contributed by atoms with Crippen LogP contribution in [0.3, 0.4) is 0 Å². The normalized spacial score (nSPS) is 33.5. The highest BCUT2D eigenvalue weighted by atomic mass is 16.3. The number of carbonyl (C=O) groups excluding carboxylic acids is 1. The van der Waals surface area contributed by atoms with Crippen molar-refractivity contribution < 1.29 is 9.90 Å². The number of aliphatic hydroxyl groups is 1. The second-order valence-corrected chi connectivity index (χ2v) is 3.62. The largest absolute Gasteiger partial charge is 0.396 e. The Kier molecular flexibility index (Phi) is 1.42. The summed E-state index contributed by atoms with van der Waals surface area (Å²) in [6, 6.07) is 0. The Hall–Kier alpha value is -0.570. The highest BCUT2D eigenvalue weighted by Gasteiger charge is 2.51. The lowest BCUT2D eigenvalue weighted by Gasteiger charge is -2.30. The molecule has 2 N–H and O–H groups in total. The van der Waals surface area contributed by atoms with Gasteiger partial charge in [0.2, 0.25) is 5.91 Å². The zero-order chi connectivity index (χ0) is 7.90. The van der Waals surface area contributed by atoms with Crippen LogP contribution >= 0.6 is 0 Å². The van der Waals surface area contributed by atoms with Crippen LogP contribution in [0.4, 0.5) is 0 Å². The molecule has 3 heteroatoms. The van der Waals surface area contributed by atoms with Gasteiger partial charge in [-0.05, 0) is 19.3 Å². The zero-order valence-corrected chi connectivity index (χ0v) is 6.47. The third-order valence-electron chi connectivity index (χ3n) is 2.90. The van der Waals surface area contributed by atoms with Crippen LogP contribution in [-0.2, 0) is 4.79 Å². The molecule has 0 aromatic rings. The number of carbonyl (C=O) groups is 1. The summed E-state index contributed by atoms with van der Waals surface area (Å²) in [7, 11) is 0. The van der Waals surface area contributed by atoms with Crippen LogP contribution in [0.15, 0.2) is 0 Å². The summed E-state index contributed by atoms with van der Waals surface area (Å²) < 4.78 is 0. The molecule has 1 saturated carbocycles. The summed E-state index contributed by atoms with van der Waals surface area (Å²) in [4.78, 5) is 11.0. The highest BCUT2D eigenvalue weighted by molar-refractivity contribution is 5.78. The lowest BCUT2D eigenvalue weighted by atomic mass is 9.89. The lowest BCUT2D eigenvalue weighted by Crippen LogP contribution is -2.48. The Morgan fingerprint density at radius 3 is 2.91 bits per heavy atom. The first-order valence-electron chi connectivity index (χ1n) is 4.19. The summed E-state index contributed by atoms with van der Waals surface area (Å²) in [5.74, 6) is 0.479. The van der Waals surface area contributed by atoms with Gasteiger partial charge in [0.05, 0.1) is 0 Å². The summed E-state index contributed by atoms with van der Waals surface area (Å²) in [6.07, 6.45) is 3.57. The van der Waals surface area contributed by atoms with E-state index in [2.05, 4.69) is 5.32 Å². The number of amides is 1. The number of nitrogens with one attached hydrogen (secondary N) is 1. The Balaban J connectivity index is 2.07. The number of hydrogen-bond acceptors (Lipinski definition) is 2. The van der Waals surface area contributed by atoms with Gasteiger partial charge in [-0.3, -0.25) is 4.79 Å². The third-order valence-corrected chi connectivity index (χ3v) is 2.90. The van der Waals surface area contributed by atoms with E-state index in [0.717, 1.165) is 19.3 Å². The summed E-state index contributed by atoms with van der Waals surface area (Å²) >= 11 is 0. The van der Waals surface area contributed by atoms with Gasteiger partial charge in [0.15, 0.2) is 0 Å². The van der Waals surface area contributed by atoms with E-state index in [1.54, 1.807) is 0 Å². The molecular formula is C8H13NO2. The average molecular weight is 155 g/mol. The van der Waals surface area contributed by atoms with Gasteiger partial charge in [0, 0.05) is 24.5 Å². The Morgan fingerprint density at radius 2 is 2.36 bits per heavy atom. The molecule has 0 radical (unpaired) electrons. The fourth-order valence-corrected chi connectivity index (χ4v) is 1.96. The number of hydrogen-bond donors (Lipinski definition) is 2. The van der Waals surface area contributed by atoms with Crippen LogP contribution in [0.25, 0.3) is 0 Å². The maximum Gasteiger partial charge on any atom is 0.220 e. The van der Waals surface area contributed by atoms with Gasteiger partial charge in [-0.25, -0.2) is 0 Å². The SMILES string of the molecule is O=C1CCC(CO)C2(CC2)N1. The van der Waals surface area contributed by atoms with E-state index < -0.39 is 0 Å². The molecule has 0 aromatic heterocycles. The molecule has 2 aliphatic rings. The van der Waals surface area contributed by atoms with Crippen molar-refractivity contribution in [1.29, 1.82) is 0 Å². The molecular weight excluding hydrogens is 142 g/mol. The van der Waals surface area contributed by atoms with E-state index in [0.29, 0.717) is 12.3 Å². The maximum absolute atomic E-state index is 11.0. The first kappa shape index (κ1) is 7.10. The van der Waals surface area contributed by atoms with E-state index in [1.807, 2.05) is 0 Å². The standard InChI is InChI=1S/C8H13NO2/c10-5-6-1-2-7(11)9-8(6)3-4-8/h6,10H,1-5H2,(H,9,11). The summed E-state index contributed by atoms with van der Waals surface area (Å²) in [6.45, 7) is 0.222. The average Bonchev–Trinajstić information content (AvgIpc) is 2.70. The predicted molar refractivity (Wildman–Crippen MR) is 39.9 cm³/mol. The molecule has 1 unspecified atom stereocenters. The molecule has 62 valence electrons. The zero-order valence-electron chi connectivity index (χ0n) is 6.47. The third kappa shape index (κ3) is 1.03. The van der Waals surface area contributed by atoms with Crippen LogP contribution < -0.4 is 5.32 Å². The molecule has 1 amide bonds. The fourth-order valence-electron chi connectivity index (χ4n) is 1.96. The number of aliphatic hydroxyl groups excluding tert-OH is 1. The molecule has 1 saturated heterocycles. The van der Waals surface area contributed by atoms with Crippen LogP contribution in [0, 0.1) is 5.92 Å². The molecule has 1 atom stereocenters. The first-order valence-corrected chi connectivity index (χ1v) is 4.19. The first-order chi connectivity index (χ1) is 5.27. The number of rotatable bonds is 1. The van der Waals surface area contributed by atoms with Crippen molar-refractivity contribution in [2.45, 2.75) is 31.2 Å². The molecule has 2 rings (SSSR count). The minimum absolute atomic E-state index is 0.0179. The second kappa shape index (κ2) is 2.21. The highest BCUT2D eigenvalue weighted by Crippen LogP contribution is 2.46. The molecule has 1 aliphatic carbocycles. The van der Waals surface area contributed by atoms with Crippen LogP contribution in [0.5, 0.6) is 0 Å². The van der Waals surface area contributed by atoms with Crippen LogP contribution in [0.1, 0.15) is 25.7 Å². The summed E-state index contributed by atoms with van der Waals surface area (Å²) in [5.41, 5.74) is 0.0179. The molecule has 1 spiro atoms. The van der Waals surface area contributed by atoms with Gasteiger partial charge in [0.1, 0.15) is 0 Å². The molecule has 0 bridgehead atoms. The second-order valence-electron chi connectivity index (χ2n) is 3.62. The van der Waals surface area contributed by atoms with Gasteiger partial charge in [-0.2, -0.15) is 0 Å². The molecule has 11 heavy (non-hydrogen) atoms. The molecule has 0 aromatic carbocycles. The van der Waals surface area contributed by atoms with Crippen molar-refractivity contribution in [3.8, 4) is 0 Å². The van der Waals surface area contributed by atoms with E-state index in [4.69, 9.17) is 5.11 Å². The molecule has 1 aliphatic heterocycles. The van der Waals surface area contributed by atoms with Gasteiger partial charge in [-0.1, -0.05) is 0 Å². The Labute approximate surface area is 65.8 Å². The molecule has 3 nitrogen and oxygen atoms in total. The van der Waals surface area contributed by atoms with E-state index in [1.165, 1.54) is 0 Å². The van der Waals surface area contributed by atoms with Crippen molar-refractivity contribution in [2.24, 2.45) is 5.92 Å². The monoisotopic (exact) mass is 155 g/mol. The van der Waals surface area contributed by atoms with Gasteiger partial charge in [0.25, 0.3) is 0 Å². The van der Waals surface area contributed by atoms with Gasteiger partial charge in [-0.15, -0.1) is 0 Å². The Morgan fingerprint density at radius 1 is 1.64 bits per heavy atom. The van der Waals surface area contributed by atoms with E-state index in [-0.39, 0.29) is 18.1 Å². The maximum atomic E-state index is 11.0. The van der Waals surface area contributed by atoms with Crippen LogP contribution in [0.2, 0.25) is 0 Å². The minimum atomic E-state index is 0.0179. The van der Waals surface area contributed by atoms with Crippen molar-refractivity contribution in [3.05, 3.63) is 0 Å². The van der Waals surface area contributed by atoms with Crippen molar-refractivity contribution in [1.82, 2.24) is 5.32 Å². The van der Waals surface area contributed by atoms with Crippen molar-refractivity contribution in [2.75, 3.05) is 6.61 Å². The van der Waals surface area contributed by atoms with Crippen molar-refractivity contribution in [3.63, 3.8) is 0 Å². The smallest absolute Gasteiger partial charge is 0.220 e. The molecule has 2 fully saturated rings. The molecule has 1 heterocycles. The number of piperidine rings is 1. The van der Waals surface area contributed by atoms with Crippen LogP contribution in [-0.4, -0.2) is 23.2 Å². The van der Waals surface area contributed by atoms with E-state index in [9.17, 15) is 4.79 Å². The summed E-state index contributed by atoms with van der Waals surface area (Å²) in [5, 5.41) is 12.0. The minimum Gasteiger partial charge on any atom is -0.396 e.